The van der Waals surface area contributed by atoms with E-state index in [1.54, 1.807) is 11.7 Å². The van der Waals surface area contributed by atoms with E-state index in [1.165, 1.54) is 17.1 Å². The van der Waals surface area contributed by atoms with Crippen molar-refractivity contribution in [3.8, 4) is 0 Å². The number of fused-ring (bicyclic) bond motifs is 1. The first-order chi connectivity index (χ1) is 11.6. The van der Waals surface area contributed by atoms with Crippen molar-refractivity contribution in [2.24, 2.45) is 13.0 Å². The van der Waals surface area contributed by atoms with Gasteiger partial charge in [-0.05, 0) is 13.3 Å². The van der Waals surface area contributed by atoms with Crippen LogP contribution in [-0.4, -0.2) is 56.4 Å². The minimum Gasteiger partial charge on any atom is -0.381 e. The Morgan fingerprint density at radius 3 is 3.04 bits per heavy atom. The van der Waals surface area contributed by atoms with Crippen LogP contribution in [0.2, 0.25) is 0 Å². The maximum atomic E-state index is 12.4. The zero-order valence-electron chi connectivity index (χ0n) is 14.1. The van der Waals surface area contributed by atoms with Gasteiger partial charge in [-0.25, -0.2) is 4.98 Å². The third-order valence-corrected chi connectivity index (χ3v) is 4.52. The highest BCUT2D eigenvalue weighted by Gasteiger charge is 2.21. The van der Waals surface area contributed by atoms with Gasteiger partial charge in [0.1, 0.15) is 5.39 Å². The summed E-state index contributed by atoms with van der Waals surface area (Å²) in [4.78, 5) is 30.9. The largest absolute Gasteiger partial charge is 0.381 e. The van der Waals surface area contributed by atoms with Crippen molar-refractivity contribution in [3.63, 3.8) is 0 Å². The van der Waals surface area contributed by atoms with Crippen LogP contribution in [-0.2, 0) is 23.1 Å². The number of ether oxygens (including phenoxy) is 1. The third-order valence-electron chi connectivity index (χ3n) is 4.52. The second-order valence-corrected chi connectivity index (χ2v) is 6.16. The number of rotatable bonds is 6. The number of carbonyl (C=O) groups excluding carboxylic acids is 1. The molecule has 24 heavy (non-hydrogen) atoms. The SMILES string of the molecule is CCN(C[C@H]1CCOC1)C(=O)CCn1cnc2c(cnn2C)c1=O. The number of aryl methyl sites for hydroxylation is 2. The summed E-state index contributed by atoms with van der Waals surface area (Å²) in [6, 6.07) is 0. The fourth-order valence-electron chi connectivity index (χ4n) is 3.05. The third kappa shape index (κ3) is 3.33. The van der Waals surface area contributed by atoms with Gasteiger partial charge in [0.2, 0.25) is 5.91 Å². The summed E-state index contributed by atoms with van der Waals surface area (Å²) in [6.45, 7) is 5.21. The molecule has 0 N–H and O–H groups in total. The summed E-state index contributed by atoms with van der Waals surface area (Å²) in [5, 5.41) is 4.52. The van der Waals surface area contributed by atoms with Crippen LogP contribution in [0.4, 0.5) is 0 Å². The van der Waals surface area contributed by atoms with Crippen molar-refractivity contribution >= 4 is 16.9 Å². The lowest BCUT2D eigenvalue weighted by Gasteiger charge is -2.23. The van der Waals surface area contributed by atoms with Gasteiger partial charge in [-0.3, -0.25) is 18.8 Å². The highest BCUT2D eigenvalue weighted by Crippen LogP contribution is 2.14. The van der Waals surface area contributed by atoms with Gasteiger partial charge < -0.3 is 9.64 Å². The molecular weight excluding hydrogens is 310 g/mol. The summed E-state index contributed by atoms with van der Waals surface area (Å²) in [6.07, 6.45) is 4.29. The van der Waals surface area contributed by atoms with E-state index in [9.17, 15) is 9.59 Å². The first-order valence-corrected chi connectivity index (χ1v) is 8.32. The van der Waals surface area contributed by atoms with Crippen LogP contribution in [0.15, 0.2) is 17.3 Å². The summed E-state index contributed by atoms with van der Waals surface area (Å²) in [5.41, 5.74) is 0.395. The van der Waals surface area contributed by atoms with Crippen LogP contribution in [0.1, 0.15) is 19.8 Å². The van der Waals surface area contributed by atoms with Crippen molar-refractivity contribution in [1.82, 2.24) is 24.2 Å². The smallest absolute Gasteiger partial charge is 0.264 e. The molecule has 1 fully saturated rings. The van der Waals surface area contributed by atoms with Crippen LogP contribution in [0.3, 0.4) is 0 Å². The number of aromatic nitrogens is 4. The van der Waals surface area contributed by atoms with Crippen molar-refractivity contribution in [1.29, 1.82) is 0 Å². The molecule has 0 spiro atoms. The lowest BCUT2D eigenvalue weighted by molar-refractivity contribution is -0.131. The minimum absolute atomic E-state index is 0.0579. The Labute approximate surface area is 140 Å². The predicted molar refractivity (Wildman–Crippen MR) is 88.6 cm³/mol. The second kappa shape index (κ2) is 7.12. The van der Waals surface area contributed by atoms with E-state index in [2.05, 4.69) is 10.1 Å². The Hall–Kier alpha value is -2.22. The normalized spacial score (nSPS) is 17.5. The zero-order chi connectivity index (χ0) is 17.1. The van der Waals surface area contributed by atoms with Crippen LogP contribution in [0.25, 0.3) is 11.0 Å². The number of hydrogen-bond donors (Lipinski definition) is 0. The molecule has 8 heteroatoms. The topological polar surface area (TPSA) is 82.2 Å². The lowest BCUT2D eigenvalue weighted by atomic mass is 10.1. The number of hydrogen-bond acceptors (Lipinski definition) is 5. The molecule has 3 heterocycles. The minimum atomic E-state index is -0.159. The van der Waals surface area contributed by atoms with Gasteiger partial charge in [0.05, 0.1) is 19.1 Å². The molecule has 1 amide bonds. The maximum absolute atomic E-state index is 12.4. The van der Waals surface area contributed by atoms with Gasteiger partial charge in [0.25, 0.3) is 5.56 Å². The van der Waals surface area contributed by atoms with Gasteiger partial charge >= 0.3 is 0 Å². The van der Waals surface area contributed by atoms with Gasteiger partial charge in [0, 0.05) is 45.6 Å². The fourth-order valence-corrected chi connectivity index (χ4v) is 3.05. The van der Waals surface area contributed by atoms with E-state index in [1.807, 2.05) is 11.8 Å². The van der Waals surface area contributed by atoms with Crippen LogP contribution in [0.5, 0.6) is 0 Å². The number of nitrogens with zero attached hydrogens (tertiary/aromatic N) is 5. The molecule has 8 nitrogen and oxygen atoms in total. The molecular formula is C16H23N5O3. The molecule has 2 aromatic rings. The van der Waals surface area contributed by atoms with E-state index in [-0.39, 0.29) is 17.9 Å². The molecule has 1 aliphatic heterocycles. The molecule has 0 bridgehead atoms. The molecule has 0 radical (unpaired) electrons. The van der Waals surface area contributed by atoms with E-state index in [0.29, 0.717) is 30.0 Å². The van der Waals surface area contributed by atoms with Crippen molar-refractivity contribution < 1.29 is 9.53 Å². The van der Waals surface area contributed by atoms with Gasteiger partial charge in [-0.2, -0.15) is 5.10 Å². The Morgan fingerprint density at radius 2 is 2.33 bits per heavy atom. The van der Waals surface area contributed by atoms with Crippen LogP contribution in [0, 0.1) is 5.92 Å². The molecule has 2 aromatic heterocycles. The fraction of sp³-hybridized carbons (Fsp3) is 0.625. The zero-order valence-corrected chi connectivity index (χ0v) is 14.1. The highest BCUT2D eigenvalue weighted by molar-refractivity contribution is 5.76. The Bertz CT molecular complexity index is 776. The Balaban J connectivity index is 1.64. The summed E-state index contributed by atoms with van der Waals surface area (Å²) in [7, 11) is 1.74. The highest BCUT2D eigenvalue weighted by atomic mass is 16.5. The molecule has 1 atom stereocenters. The Morgan fingerprint density at radius 1 is 1.50 bits per heavy atom. The van der Waals surface area contributed by atoms with Crippen molar-refractivity contribution in [3.05, 3.63) is 22.9 Å². The molecule has 0 aromatic carbocycles. The van der Waals surface area contributed by atoms with Crippen molar-refractivity contribution in [2.45, 2.75) is 26.3 Å². The van der Waals surface area contributed by atoms with Gasteiger partial charge in [0.15, 0.2) is 5.65 Å². The van der Waals surface area contributed by atoms with E-state index < -0.39 is 0 Å². The summed E-state index contributed by atoms with van der Waals surface area (Å²) in [5.74, 6) is 0.479. The predicted octanol–water partition coefficient (Wildman–Crippen LogP) is 0.405. The molecule has 0 saturated carbocycles. The number of carbonyl (C=O) groups is 1. The standard InChI is InChI=1S/C16H23N5O3/c1-3-20(9-12-5-7-24-10-12)14(22)4-6-21-11-17-15-13(16(21)23)8-18-19(15)2/h8,11-12H,3-7,9-10H2,1-2H3/t12-/m1/s1. The molecule has 0 aliphatic carbocycles. The second-order valence-electron chi connectivity index (χ2n) is 6.16. The lowest BCUT2D eigenvalue weighted by Crippen LogP contribution is -2.36. The molecule has 1 aliphatic rings. The van der Waals surface area contributed by atoms with Crippen LogP contribution < -0.4 is 5.56 Å². The first-order valence-electron chi connectivity index (χ1n) is 8.32. The monoisotopic (exact) mass is 333 g/mol. The quantitative estimate of drug-likeness (QED) is 0.764. The van der Waals surface area contributed by atoms with Gasteiger partial charge in [-0.15, -0.1) is 0 Å². The summed E-state index contributed by atoms with van der Waals surface area (Å²) >= 11 is 0. The first kappa shape index (κ1) is 16.6. The number of amides is 1. The van der Waals surface area contributed by atoms with E-state index >= 15 is 0 Å². The Kier molecular flexibility index (Phi) is 4.94. The van der Waals surface area contributed by atoms with Gasteiger partial charge in [-0.1, -0.05) is 0 Å². The molecule has 1 saturated heterocycles. The molecule has 0 unspecified atom stereocenters. The van der Waals surface area contributed by atoms with E-state index in [4.69, 9.17) is 4.74 Å². The molecule has 3 rings (SSSR count). The molecule has 130 valence electrons. The summed E-state index contributed by atoms with van der Waals surface area (Å²) < 4.78 is 8.42. The van der Waals surface area contributed by atoms with Crippen LogP contribution >= 0.6 is 0 Å². The average Bonchev–Trinajstić information content (AvgIpc) is 3.22. The van der Waals surface area contributed by atoms with E-state index in [0.717, 1.165) is 26.2 Å². The average molecular weight is 333 g/mol. The van der Waals surface area contributed by atoms with Crippen molar-refractivity contribution in [2.75, 3.05) is 26.3 Å². The maximum Gasteiger partial charge on any atom is 0.264 e.